The highest BCUT2D eigenvalue weighted by Gasteiger charge is 2.18. The summed E-state index contributed by atoms with van der Waals surface area (Å²) >= 11 is 0. The molecular formula is C13H18FNO4. The maximum atomic E-state index is 13.7. The van der Waals surface area contributed by atoms with E-state index in [1.165, 1.54) is 13.2 Å². The molecule has 0 heterocycles. The van der Waals surface area contributed by atoms with Gasteiger partial charge in [0.15, 0.2) is 5.82 Å². The van der Waals surface area contributed by atoms with Crippen molar-refractivity contribution in [1.82, 2.24) is 0 Å². The highest BCUT2D eigenvalue weighted by Crippen LogP contribution is 2.26. The fourth-order valence-corrected chi connectivity index (χ4v) is 1.42. The molecule has 0 radical (unpaired) electrons. The third kappa shape index (κ3) is 4.40. The summed E-state index contributed by atoms with van der Waals surface area (Å²) in [6.07, 6.45) is -0.763. The zero-order chi connectivity index (χ0) is 14.6. The number of halogens is 1. The Morgan fingerprint density at radius 3 is 2.53 bits per heavy atom. The summed E-state index contributed by atoms with van der Waals surface area (Å²) in [5, 5.41) is 11.4. The Hall–Kier alpha value is -1.82. The van der Waals surface area contributed by atoms with Crippen molar-refractivity contribution in [3.05, 3.63) is 23.5 Å². The lowest BCUT2D eigenvalue weighted by Crippen LogP contribution is -2.27. The minimum atomic E-state index is -0.763. The van der Waals surface area contributed by atoms with Crippen LogP contribution in [0.3, 0.4) is 0 Å². The number of aliphatic hydroxyl groups excluding tert-OH is 1. The van der Waals surface area contributed by atoms with Crippen LogP contribution < -0.4 is 10.1 Å². The SMILES string of the molecule is COc1cc(F)c(NC(=O)OC(C)(C)C)cc1CO. The average molecular weight is 271 g/mol. The van der Waals surface area contributed by atoms with E-state index in [0.717, 1.165) is 6.07 Å². The minimum absolute atomic E-state index is 0.0703. The molecule has 1 aromatic rings. The number of carbonyl (C=O) groups excluding carboxylic acids is 1. The highest BCUT2D eigenvalue weighted by molar-refractivity contribution is 5.85. The fraction of sp³-hybridized carbons (Fsp3) is 0.462. The van der Waals surface area contributed by atoms with Gasteiger partial charge in [-0.2, -0.15) is 0 Å². The molecule has 0 bridgehead atoms. The first-order valence-electron chi connectivity index (χ1n) is 5.74. The molecule has 1 rings (SSSR count). The molecule has 2 N–H and O–H groups in total. The third-order valence-electron chi connectivity index (χ3n) is 2.18. The molecule has 0 spiro atoms. The number of methoxy groups -OCH3 is 1. The number of nitrogens with one attached hydrogen (secondary N) is 1. The second-order valence-electron chi connectivity index (χ2n) is 4.93. The Labute approximate surface area is 111 Å². The molecule has 0 aliphatic rings. The number of amides is 1. The van der Waals surface area contributed by atoms with Crippen LogP contribution in [0.1, 0.15) is 26.3 Å². The molecule has 1 amide bonds. The van der Waals surface area contributed by atoms with Crippen LogP contribution in [-0.2, 0) is 11.3 Å². The van der Waals surface area contributed by atoms with Crippen LogP contribution in [0, 0.1) is 5.82 Å². The van der Waals surface area contributed by atoms with E-state index in [9.17, 15) is 9.18 Å². The lowest BCUT2D eigenvalue weighted by Gasteiger charge is -2.20. The normalized spacial score (nSPS) is 11.1. The van der Waals surface area contributed by atoms with Gasteiger partial charge in [0.25, 0.3) is 0 Å². The average Bonchev–Trinajstić information content (AvgIpc) is 2.28. The van der Waals surface area contributed by atoms with Gasteiger partial charge in [0.1, 0.15) is 11.4 Å². The Morgan fingerprint density at radius 2 is 2.05 bits per heavy atom. The lowest BCUT2D eigenvalue weighted by molar-refractivity contribution is 0.0635. The van der Waals surface area contributed by atoms with E-state index in [0.29, 0.717) is 5.56 Å². The van der Waals surface area contributed by atoms with Crippen LogP contribution in [0.2, 0.25) is 0 Å². The number of carbonyl (C=O) groups is 1. The summed E-state index contributed by atoms with van der Waals surface area (Å²) in [5.41, 5.74) is -0.374. The van der Waals surface area contributed by atoms with Crippen LogP contribution in [-0.4, -0.2) is 23.9 Å². The molecule has 0 saturated carbocycles. The van der Waals surface area contributed by atoms with Crippen molar-refractivity contribution < 1.29 is 23.8 Å². The summed E-state index contributed by atoms with van der Waals surface area (Å²) < 4.78 is 23.6. The molecule has 5 nitrogen and oxygen atoms in total. The van der Waals surface area contributed by atoms with Crippen LogP contribution >= 0.6 is 0 Å². The van der Waals surface area contributed by atoms with E-state index in [4.69, 9.17) is 14.6 Å². The van der Waals surface area contributed by atoms with Gasteiger partial charge in [-0.25, -0.2) is 9.18 Å². The van der Waals surface area contributed by atoms with Crippen molar-refractivity contribution in [2.45, 2.75) is 33.0 Å². The van der Waals surface area contributed by atoms with Gasteiger partial charge in [0, 0.05) is 11.6 Å². The summed E-state index contributed by atoms with van der Waals surface area (Å²) in [4.78, 5) is 11.5. The molecule has 0 aliphatic carbocycles. The summed E-state index contributed by atoms with van der Waals surface area (Å²) in [5.74, 6) is -0.449. The van der Waals surface area contributed by atoms with Crippen molar-refractivity contribution in [3.63, 3.8) is 0 Å². The summed E-state index contributed by atoms with van der Waals surface area (Å²) in [6.45, 7) is 4.79. The predicted octanol–water partition coefficient (Wildman–Crippen LogP) is 2.67. The first-order chi connectivity index (χ1) is 8.76. The smallest absolute Gasteiger partial charge is 0.412 e. The Balaban J connectivity index is 2.93. The molecule has 0 atom stereocenters. The van der Waals surface area contributed by atoms with Crippen LogP contribution in [0.4, 0.5) is 14.9 Å². The molecule has 0 aliphatic heterocycles. The van der Waals surface area contributed by atoms with E-state index in [2.05, 4.69) is 5.32 Å². The molecule has 106 valence electrons. The minimum Gasteiger partial charge on any atom is -0.496 e. The van der Waals surface area contributed by atoms with Gasteiger partial charge in [-0.1, -0.05) is 0 Å². The van der Waals surface area contributed by atoms with Gasteiger partial charge in [-0.3, -0.25) is 5.32 Å². The van der Waals surface area contributed by atoms with Crippen LogP contribution in [0.5, 0.6) is 5.75 Å². The molecule has 1 aromatic carbocycles. The molecule has 0 aromatic heterocycles. The van der Waals surface area contributed by atoms with E-state index < -0.39 is 17.5 Å². The number of ether oxygens (including phenoxy) is 2. The Morgan fingerprint density at radius 1 is 1.42 bits per heavy atom. The monoisotopic (exact) mass is 271 g/mol. The van der Waals surface area contributed by atoms with E-state index in [-0.39, 0.29) is 18.0 Å². The molecule has 0 unspecified atom stereocenters. The number of hydrogen-bond donors (Lipinski definition) is 2. The second-order valence-corrected chi connectivity index (χ2v) is 4.93. The van der Waals surface area contributed by atoms with Gasteiger partial charge in [0.05, 0.1) is 19.4 Å². The first kappa shape index (κ1) is 15.2. The Kier molecular flexibility index (Phi) is 4.72. The van der Waals surface area contributed by atoms with Gasteiger partial charge in [-0.15, -0.1) is 0 Å². The molecule has 0 fully saturated rings. The molecular weight excluding hydrogens is 253 g/mol. The van der Waals surface area contributed by atoms with Crippen molar-refractivity contribution in [3.8, 4) is 5.75 Å². The highest BCUT2D eigenvalue weighted by atomic mass is 19.1. The van der Waals surface area contributed by atoms with E-state index in [1.54, 1.807) is 20.8 Å². The van der Waals surface area contributed by atoms with Crippen LogP contribution in [0.25, 0.3) is 0 Å². The Bertz CT molecular complexity index is 468. The van der Waals surface area contributed by atoms with E-state index >= 15 is 0 Å². The number of anilines is 1. The van der Waals surface area contributed by atoms with Crippen molar-refractivity contribution in [1.29, 1.82) is 0 Å². The predicted molar refractivity (Wildman–Crippen MR) is 68.7 cm³/mol. The van der Waals surface area contributed by atoms with E-state index in [1.807, 2.05) is 0 Å². The van der Waals surface area contributed by atoms with Gasteiger partial charge in [-0.05, 0) is 26.8 Å². The lowest BCUT2D eigenvalue weighted by atomic mass is 10.1. The number of benzene rings is 1. The summed E-state index contributed by atoms with van der Waals surface area (Å²) in [7, 11) is 1.37. The molecule has 0 saturated heterocycles. The number of hydrogen-bond acceptors (Lipinski definition) is 4. The number of rotatable bonds is 3. The molecule has 6 heteroatoms. The maximum absolute atomic E-state index is 13.7. The third-order valence-corrected chi connectivity index (χ3v) is 2.18. The van der Waals surface area contributed by atoms with Gasteiger partial charge in [0.2, 0.25) is 0 Å². The maximum Gasteiger partial charge on any atom is 0.412 e. The van der Waals surface area contributed by atoms with Gasteiger partial charge < -0.3 is 14.6 Å². The largest absolute Gasteiger partial charge is 0.496 e. The standard InChI is InChI=1S/C13H18FNO4/c1-13(2,3)19-12(17)15-10-5-8(7-16)11(18-4)6-9(10)14/h5-6,16H,7H2,1-4H3,(H,15,17). The summed E-state index contributed by atoms with van der Waals surface area (Å²) in [6, 6.07) is 2.40. The van der Waals surface area contributed by atoms with Crippen LogP contribution in [0.15, 0.2) is 12.1 Å². The topological polar surface area (TPSA) is 67.8 Å². The molecule has 19 heavy (non-hydrogen) atoms. The zero-order valence-electron chi connectivity index (χ0n) is 11.4. The van der Waals surface area contributed by atoms with Gasteiger partial charge >= 0.3 is 6.09 Å². The second kappa shape index (κ2) is 5.88. The van der Waals surface area contributed by atoms with Crippen molar-refractivity contribution in [2.24, 2.45) is 0 Å². The van der Waals surface area contributed by atoms with Crippen molar-refractivity contribution in [2.75, 3.05) is 12.4 Å². The quantitative estimate of drug-likeness (QED) is 0.887. The van der Waals surface area contributed by atoms with Crippen molar-refractivity contribution >= 4 is 11.8 Å². The fourth-order valence-electron chi connectivity index (χ4n) is 1.42. The number of aliphatic hydroxyl groups is 1. The zero-order valence-corrected chi connectivity index (χ0v) is 11.4. The first-order valence-corrected chi connectivity index (χ1v) is 5.74.